The Morgan fingerprint density at radius 1 is 1.22 bits per heavy atom. The lowest BCUT2D eigenvalue weighted by Gasteiger charge is -2.52. The van der Waals surface area contributed by atoms with E-state index in [1.807, 2.05) is 0 Å². The quantitative estimate of drug-likeness (QED) is 0.808. The smallest absolute Gasteiger partial charge is 0.0334 e. The third-order valence-corrected chi connectivity index (χ3v) is 4.90. The molecule has 1 N–H and O–H groups in total. The van der Waals surface area contributed by atoms with Crippen molar-refractivity contribution in [3.05, 3.63) is 0 Å². The van der Waals surface area contributed by atoms with Crippen LogP contribution in [0, 0.1) is 11.8 Å². The molecule has 106 valence electrons. The van der Waals surface area contributed by atoms with Crippen LogP contribution >= 0.6 is 0 Å². The van der Waals surface area contributed by atoms with Crippen LogP contribution in [0.15, 0.2) is 0 Å². The van der Waals surface area contributed by atoms with E-state index >= 15 is 0 Å². The molecule has 0 amide bonds. The molecule has 0 radical (unpaired) electrons. The van der Waals surface area contributed by atoms with Gasteiger partial charge in [0.15, 0.2) is 0 Å². The third-order valence-electron chi connectivity index (χ3n) is 4.90. The monoisotopic (exact) mass is 252 g/mol. The van der Waals surface area contributed by atoms with Crippen molar-refractivity contribution in [1.82, 2.24) is 10.2 Å². The minimum Gasteiger partial charge on any atom is -0.309 e. The topological polar surface area (TPSA) is 15.3 Å². The summed E-state index contributed by atoms with van der Waals surface area (Å²) in [5.41, 5.74) is 0.707. The molecule has 1 aliphatic heterocycles. The van der Waals surface area contributed by atoms with Gasteiger partial charge >= 0.3 is 0 Å². The van der Waals surface area contributed by atoms with Gasteiger partial charge in [-0.2, -0.15) is 0 Å². The van der Waals surface area contributed by atoms with Crippen molar-refractivity contribution in [3.8, 4) is 0 Å². The summed E-state index contributed by atoms with van der Waals surface area (Å²) < 4.78 is 0. The van der Waals surface area contributed by atoms with Crippen LogP contribution in [-0.2, 0) is 0 Å². The first-order chi connectivity index (χ1) is 8.33. The van der Waals surface area contributed by atoms with Crippen LogP contribution in [0.4, 0.5) is 0 Å². The summed E-state index contributed by atoms with van der Waals surface area (Å²) in [5.74, 6) is 1.79. The highest BCUT2D eigenvalue weighted by Gasteiger charge is 2.49. The second kappa shape index (κ2) is 5.13. The van der Waals surface area contributed by atoms with E-state index in [9.17, 15) is 0 Å². The highest BCUT2D eigenvalue weighted by atomic mass is 15.3. The van der Waals surface area contributed by atoms with E-state index in [0.29, 0.717) is 5.54 Å². The van der Waals surface area contributed by atoms with Gasteiger partial charge in [-0.1, -0.05) is 13.8 Å². The molecule has 18 heavy (non-hydrogen) atoms. The molecular formula is C16H32N2. The first-order valence-corrected chi connectivity index (χ1v) is 7.83. The Morgan fingerprint density at radius 3 is 2.44 bits per heavy atom. The average Bonchev–Trinajstić information content (AvgIpc) is 3.06. The maximum atomic E-state index is 3.76. The number of hydrogen-bond acceptors (Lipinski definition) is 2. The predicted octanol–water partition coefficient (Wildman–Crippen LogP) is 3.28. The van der Waals surface area contributed by atoms with E-state index in [0.717, 1.165) is 11.8 Å². The molecule has 1 saturated heterocycles. The van der Waals surface area contributed by atoms with Crippen LogP contribution < -0.4 is 5.32 Å². The normalized spacial score (nSPS) is 33.0. The number of rotatable bonds is 5. The third kappa shape index (κ3) is 3.27. The second-order valence-corrected chi connectivity index (χ2v) is 7.83. The Balaban J connectivity index is 1.96. The van der Waals surface area contributed by atoms with Gasteiger partial charge in [-0.3, -0.25) is 4.90 Å². The standard InChI is InChI=1S/C16H32N2/c1-13(2)7-6-10-18-12-15(3,4)17-11-16(18,5)14-8-9-14/h13-14,17H,6-12H2,1-5H3. The van der Waals surface area contributed by atoms with Gasteiger partial charge < -0.3 is 5.32 Å². The largest absolute Gasteiger partial charge is 0.309 e. The van der Waals surface area contributed by atoms with Crippen LogP contribution in [-0.4, -0.2) is 35.6 Å². The number of hydrogen-bond donors (Lipinski definition) is 1. The van der Waals surface area contributed by atoms with Crippen molar-refractivity contribution in [2.45, 2.75) is 71.4 Å². The summed E-state index contributed by atoms with van der Waals surface area (Å²) in [4.78, 5) is 2.80. The summed E-state index contributed by atoms with van der Waals surface area (Å²) in [6.45, 7) is 15.5. The Kier molecular flexibility index (Phi) is 4.08. The Labute approximate surface area is 114 Å². The molecular weight excluding hydrogens is 220 g/mol. The zero-order chi connectivity index (χ0) is 13.4. The van der Waals surface area contributed by atoms with E-state index in [-0.39, 0.29) is 5.54 Å². The van der Waals surface area contributed by atoms with Crippen molar-refractivity contribution in [2.75, 3.05) is 19.6 Å². The van der Waals surface area contributed by atoms with Crippen molar-refractivity contribution < 1.29 is 0 Å². The molecule has 0 bridgehead atoms. The van der Waals surface area contributed by atoms with Gasteiger partial charge in [-0.05, 0) is 64.8 Å². The maximum absolute atomic E-state index is 3.76. The van der Waals surface area contributed by atoms with Gasteiger partial charge in [0.1, 0.15) is 0 Å². The number of nitrogens with zero attached hydrogens (tertiary/aromatic N) is 1. The van der Waals surface area contributed by atoms with Crippen LogP contribution in [0.5, 0.6) is 0 Å². The fourth-order valence-corrected chi connectivity index (χ4v) is 3.38. The molecule has 0 aromatic heterocycles. The van der Waals surface area contributed by atoms with E-state index in [1.165, 1.54) is 45.3 Å². The molecule has 0 aromatic rings. The lowest BCUT2D eigenvalue weighted by atomic mass is 9.85. The molecule has 1 saturated carbocycles. The molecule has 0 spiro atoms. The van der Waals surface area contributed by atoms with Crippen molar-refractivity contribution >= 4 is 0 Å². The van der Waals surface area contributed by atoms with E-state index in [2.05, 4.69) is 44.8 Å². The van der Waals surface area contributed by atoms with Gasteiger partial charge in [0.2, 0.25) is 0 Å². The lowest BCUT2D eigenvalue weighted by Crippen LogP contribution is -2.68. The van der Waals surface area contributed by atoms with Gasteiger partial charge in [-0.25, -0.2) is 0 Å². The average molecular weight is 252 g/mol. The molecule has 2 fully saturated rings. The first-order valence-electron chi connectivity index (χ1n) is 7.83. The number of nitrogens with one attached hydrogen (secondary N) is 1. The van der Waals surface area contributed by atoms with Crippen molar-refractivity contribution in [2.24, 2.45) is 11.8 Å². The lowest BCUT2D eigenvalue weighted by molar-refractivity contribution is 0.0102. The summed E-state index contributed by atoms with van der Waals surface area (Å²) in [6, 6.07) is 0. The van der Waals surface area contributed by atoms with Gasteiger partial charge in [-0.15, -0.1) is 0 Å². The Hall–Kier alpha value is -0.0800. The zero-order valence-corrected chi connectivity index (χ0v) is 13.1. The first kappa shape index (κ1) is 14.3. The van der Waals surface area contributed by atoms with Crippen LogP contribution in [0.3, 0.4) is 0 Å². The van der Waals surface area contributed by atoms with Gasteiger partial charge in [0, 0.05) is 24.2 Å². The fraction of sp³-hybridized carbons (Fsp3) is 1.00. The van der Waals surface area contributed by atoms with E-state index in [4.69, 9.17) is 0 Å². The molecule has 1 unspecified atom stereocenters. The molecule has 0 aromatic carbocycles. The second-order valence-electron chi connectivity index (χ2n) is 7.83. The molecule has 2 nitrogen and oxygen atoms in total. The van der Waals surface area contributed by atoms with Crippen LogP contribution in [0.2, 0.25) is 0 Å². The SMILES string of the molecule is CC(C)CCCN1CC(C)(C)NCC1(C)C1CC1. The Bertz CT molecular complexity index is 281. The Morgan fingerprint density at radius 2 is 1.89 bits per heavy atom. The van der Waals surface area contributed by atoms with E-state index in [1.54, 1.807) is 0 Å². The van der Waals surface area contributed by atoms with Crippen molar-refractivity contribution in [1.29, 1.82) is 0 Å². The molecule has 2 rings (SSSR count). The summed E-state index contributed by atoms with van der Waals surface area (Å²) in [6.07, 6.45) is 5.61. The van der Waals surface area contributed by atoms with E-state index < -0.39 is 0 Å². The molecule has 2 heteroatoms. The molecule has 1 heterocycles. The van der Waals surface area contributed by atoms with Gasteiger partial charge in [0.05, 0.1) is 0 Å². The highest BCUT2D eigenvalue weighted by Crippen LogP contribution is 2.44. The zero-order valence-electron chi connectivity index (χ0n) is 13.1. The van der Waals surface area contributed by atoms with Crippen LogP contribution in [0.25, 0.3) is 0 Å². The number of piperazine rings is 1. The summed E-state index contributed by atoms with van der Waals surface area (Å²) in [7, 11) is 0. The predicted molar refractivity (Wildman–Crippen MR) is 78.9 cm³/mol. The van der Waals surface area contributed by atoms with Crippen LogP contribution in [0.1, 0.15) is 60.3 Å². The minimum atomic E-state index is 0.284. The fourth-order valence-electron chi connectivity index (χ4n) is 3.38. The maximum Gasteiger partial charge on any atom is 0.0334 e. The molecule has 2 aliphatic rings. The van der Waals surface area contributed by atoms with Crippen molar-refractivity contribution in [3.63, 3.8) is 0 Å². The molecule has 1 aliphatic carbocycles. The highest BCUT2D eigenvalue weighted by molar-refractivity contribution is 5.06. The summed E-state index contributed by atoms with van der Waals surface area (Å²) in [5, 5.41) is 3.76. The summed E-state index contributed by atoms with van der Waals surface area (Å²) >= 11 is 0. The van der Waals surface area contributed by atoms with Gasteiger partial charge in [0.25, 0.3) is 0 Å². The molecule has 1 atom stereocenters. The minimum absolute atomic E-state index is 0.284.